The van der Waals surface area contributed by atoms with Crippen LogP contribution in [0, 0.1) is 13.8 Å². The molecule has 27 heavy (non-hydrogen) atoms. The number of fused-ring (bicyclic) bond motifs is 1. The highest BCUT2D eigenvalue weighted by molar-refractivity contribution is 6.06. The Morgan fingerprint density at radius 3 is 2.89 bits per heavy atom. The molecule has 1 amide bonds. The highest BCUT2D eigenvalue weighted by Crippen LogP contribution is 2.22. The van der Waals surface area contributed by atoms with Crippen LogP contribution in [0.4, 0.5) is 0 Å². The van der Waals surface area contributed by atoms with Crippen LogP contribution in [0.5, 0.6) is 0 Å². The molecule has 0 aromatic carbocycles. The topological polar surface area (TPSA) is 99.8 Å². The molecular formula is C18H25N7O2. The average Bonchev–Trinajstić information content (AvgIpc) is 3.19. The number of aromatic nitrogens is 6. The first-order valence-electron chi connectivity index (χ1n) is 8.90. The number of carbonyl (C=O) groups excluding carboxylic acids is 1. The summed E-state index contributed by atoms with van der Waals surface area (Å²) in [6, 6.07) is 1.51. The van der Waals surface area contributed by atoms with Crippen LogP contribution >= 0.6 is 0 Å². The Morgan fingerprint density at radius 2 is 2.15 bits per heavy atom. The van der Waals surface area contributed by atoms with E-state index in [0.29, 0.717) is 23.6 Å². The van der Waals surface area contributed by atoms with Gasteiger partial charge in [0.25, 0.3) is 5.91 Å². The van der Waals surface area contributed by atoms with Crippen LogP contribution in [0.1, 0.15) is 47.0 Å². The lowest BCUT2D eigenvalue weighted by Crippen LogP contribution is -2.29. The van der Waals surface area contributed by atoms with E-state index in [-0.39, 0.29) is 11.9 Å². The monoisotopic (exact) mass is 371 g/mol. The number of pyridine rings is 1. The first-order valence-corrected chi connectivity index (χ1v) is 8.90. The second kappa shape index (κ2) is 7.83. The van der Waals surface area contributed by atoms with Gasteiger partial charge in [0.15, 0.2) is 11.5 Å². The highest BCUT2D eigenvalue weighted by Gasteiger charge is 2.21. The van der Waals surface area contributed by atoms with Crippen molar-refractivity contribution in [2.45, 2.75) is 39.8 Å². The normalized spacial score (nSPS) is 12.5. The zero-order valence-electron chi connectivity index (χ0n) is 16.4. The fourth-order valence-electron chi connectivity index (χ4n) is 3.24. The van der Waals surface area contributed by atoms with E-state index in [0.717, 1.165) is 29.7 Å². The maximum absolute atomic E-state index is 13.0. The van der Waals surface area contributed by atoms with Gasteiger partial charge in [-0.3, -0.25) is 9.48 Å². The standard InChI is InChI=1S/C18H25N7O2/c1-11-9-14(15-12(2)23-24(4)17(15)20-11)18(26)21-13(3)16-22-19-10-25(16)7-6-8-27-5/h9-10,13H,6-8H2,1-5H3,(H,21,26). The molecule has 0 fully saturated rings. The minimum Gasteiger partial charge on any atom is -0.385 e. The maximum atomic E-state index is 13.0. The smallest absolute Gasteiger partial charge is 0.252 e. The van der Waals surface area contributed by atoms with Crippen molar-refractivity contribution < 1.29 is 9.53 Å². The van der Waals surface area contributed by atoms with Gasteiger partial charge in [0.1, 0.15) is 6.33 Å². The summed E-state index contributed by atoms with van der Waals surface area (Å²) in [7, 11) is 3.50. The lowest BCUT2D eigenvalue weighted by Gasteiger charge is -2.15. The van der Waals surface area contributed by atoms with Gasteiger partial charge in [-0.15, -0.1) is 10.2 Å². The third-order valence-electron chi connectivity index (χ3n) is 4.47. The molecule has 144 valence electrons. The van der Waals surface area contributed by atoms with Crippen molar-refractivity contribution >= 4 is 16.9 Å². The molecule has 3 heterocycles. The Balaban J connectivity index is 1.84. The molecule has 0 bridgehead atoms. The fourth-order valence-corrected chi connectivity index (χ4v) is 3.24. The summed E-state index contributed by atoms with van der Waals surface area (Å²) in [5.41, 5.74) is 2.82. The molecular weight excluding hydrogens is 346 g/mol. The summed E-state index contributed by atoms with van der Waals surface area (Å²) in [6.07, 6.45) is 2.52. The van der Waals surface area contributed by atoms with E-state index in [1.807, 2.05) is 32.4 Å². The number of carbonyl (C=O) groups is 1. The van der Waals surface area contributed by atoms with E-state index >= 15 is 0 Å². The summed E-state index contributed by atoms with van der Waals surface area (Å²) < 4.78 is 8.73. The van der Waals surface area contributed by atoms with E-state index < -0.39 is 0 Å². The number of amides is 1. The van der Waals surface area contributed by atoms with Crippen molar-refractivity contribution in [3.8, 4) is 0 Å². The molecule has 9 heteroatoms. The van der Waals surface area contributed by atoms with Crippen molar-refractivity contribution in [3.63, 3.8) is 0 Å². The Bertz CT molecular complexity index is 960. The van der Waals surface area contributed by atoms with E-state index in [9.17, 15) is 4.79 Å². The Labute approximate surface area is 157 Å². The Morgan fingerprint density at radius 1 is 1.37 bits per heavy atom. The van der Waals surface area contributed by atoms with Gasteiger partial charge >= 0.3 is 0 Å². The summed E-state index contributed by atoms with van der Waals surface area (Å²) >= 11 is 0. The highest BCUT2D eigenvalue weighted by atomic mass is 16.5. The number of hydrogen-bond acceptors (Lipinski definition) is 6. The molecule has 9 nitrogen and oxygen atoms in total. The number of nitrogens with one attached hydrogen (secondary N) is 1. The van der Waals surface area contributed by atoms with E-state index in [4.69, 9.17) is 4.74 Å². The van der Waals surface area contributed by atoms with Crippen LogP contribution in [0.15, 0.2) is 12.4 Å². The van der Waals surface area contributed by atoms with Gasteiger partial charge in [-0.05, 0) is 33.3 Å². The van der Waals surface area contributed by atoms with Crippen molar-refractivity contribution in [2.24, 2.45) is 7.05 Å². The first-order chi connectivity index (χ1) is 12.9. The molecule has 1 atom stereocenters. The zero-order valence-corrected chi connectivity index (χ0v) is 16.4. The van der Waals surface area contributed by atoms with Crippen LogP contribution in [-0.2, 0) is 18.3 Å². The predicted molar refractivity (Wildman–Crippen MR) is 100 cm³/mol. The molecule has 0 saturated heterocycles. The lowest BCUT2D eigenvalue weighted by atomic mass is 10.1. The summed E-state index contributed by atoms with van der Waals surface area (Å²) in [4.78, 5) is 17.5. The number of aryl methyl sites for hydroxylation is 4. The van der Waals surface area contributed by atoms with Gasteiger partial charge in [-0.1, -0.05) is 0 Å². The fraction of sp³-hybridized carbons (Fsp3) is 0.500. The van der Waals surface area contributed by atoms with Gasteiger partial charge in [0, 0.05) is 33.0 Å². The van der Waals surface area contributed by atoms with Gasteiger partial charge < -0.3 is 14.6 Å². The minimum atomic E-state index is -0.289. The predicted octanol–water partition coefficient (Wildman–Crippen LogP) is 1.70. The summed E-state index contributed by atoms with van der Waals surface area (Å²) in [6.45, 7) is 7.04. The number of ether oxygens (including phenoxy) is 1. The van der Waals surface area contributed by atoms with Crippen molar-refractivity contribution in [2.75, 3.05) is 13.7 Å². The van der Waals surface area contributed by atoms with Crippen LogP contribution < -0.4 is 5.32 Å². The third kappa shape index (κ3) is 3.82. The minimum absolute atomic E-state index is 0.180. The van der Waals surface area contributed by atoms with E-state index in [2.05, 4.69) is 25.6 Å². The first kappa shape index (κ1) is 19.0. The molecule has 3 aromatic rings. The van der Waals surface area contributed by atoms with Crippen LogP contribution in [-0.4, -0.2) is 49.2 Å². The van der Waals surface area contributed by atoms with Gasteiger partial charge in [0.2, 0.25) is 0 Å². The maximum Gasteiger partial charge on any atom is 0.252 e. The van der Waals surface area contributed by atoms with E-state index in [1.165, 1.54) is 0 Å². The number of hydrogen-bond donors (Lipinski definition) is 1. The lowest BCUT2D eigenvalue weighted by molar-refractivity contribution is 0.0939. The molecule has 0 aliphatic carbocycles. The van der Waals surface area contributed by atoms with Crippen LogP contribution in [0.3, 0.4) is 0 Å². The quantitative estimate of drug-likeness (QED) is 0.635. The number of nitrogens with zero attached hydrogens (tertiary/aromatic N) is 6. The Hall–Kier alpha value is -2.81. The second-order valence-electron chi connectivity index (χ2n) is 6.64. The molecule has 1 unspecified atom stereocenters. The van der Waals surface area contributed by atoms with E-state index in [1.54, 1.807) is 24.2 Å². The summed E-state index contributed by atoms with van der Waals surface area (Å²) in [5.74, 6) is 0.532. The molecule has 3 aromatic heterocycles. The Kier molecular flexibility index (Phi) is 5.50. The van der Waals surface area contributed by atoms with Crippen molar-refractivity contribution in [1.29, 1.82) is 0 Å². The molecule has 0 spiro atoms. The molecule has 0 radical (unpaired) electrons. The van der Waals surface area contributed by atoms with Gasteiger partial charge in [-0.25, -0.2) is 4.98 Å². The molecule has 1 N–H and O–H groups in total. The SMILES string of the molecule is COCCCn1cnnc1C(C)NC(=O)c1cc(C)nc2c1c(C)nn2C. The zero-order chi connectivity index (χ0) is 19.6. The largest absolute Gasteiger partial charge is 0.385 e. The van der Waals surface area contributed by atoms with Crippen molar-refractivity contribution in [1.82, 2.24) is 34.8 Å². The summed E-state index contributed by atoms with van der Waals surface area (Å²) in [5, 5.41) is 16.3. The molecule has 3 rings (SSSR count). The molecule has 0 aliphatic rings. The van der Waals surface area contributed by atoms with Crippen LogP contribution in [0.2, 0.25) is 0 Å². The molecule has 0 aliphatic heterocycles. The van der Waals surface area contributed by atoms with Crippen LogP contribution in [0.25, 0.3) is 11.0 Å². The van der Waals surface area contributed by atoms with Gasteiger partial charge in [-0.2, -0.15) is 5.10 Å². The number of methoxy groups -OCH3 is 1. The second-order valence-corrected chi connectivity index (χ2v) is 6.64. The third-order valence-corrected chi connectivity index (χ3v) is 4.47. The van der Waals surface area contributed by atoms with Gasteiger partial charge in [0.05, 0.1) is 22.7 Å². The molecule has 0 saturated carbocycles. The number of rotatable bonds is 7. The van der Waals surface area contributed by atoms with Crippen molar-refractivity contribution in [3.05, 3.63) is 35.2 Å². The average molecular weight is 371 g/mol.